The number of anilines is 2. The Hall–Kier alpha value is -3.65. The van der Waals surface area contributed by atoms with E-state index in [0.29, 0.717) is 23.7 Å². The zero-order chi connectivity index (χ0) is 23.4. The summed E-state index contributed by atoms with van der Waals surface area (Å²) in [7, 11) is 2.05. The number of pyridine rings is 1. The Balaban J connectivity index is 1.38. The van der Waals surface area contributed by atoms with Crippen LogP contribution < -0.4 is 15.5 Å². The first-order valence-corrected chi connectivity index (χ1v) is 11.1. The number of hydrogen-bond donors (Lipinski definition) is 3. The number of hydrogen-bond acceptors (Lipinski definition) is 9. The maximum atomic E-state index is 12.4. The third-order valence-electron chi connectivity index (χ3n) is 6.11. The summed E-state index contributed by atoms with van der Waals surface area (Å²) in [5, 5.41) is 27.2. The van der Waals surface area contributed by atoms with Gasteiger partial charge in [-0.15, -0.1) is 5.10 Å². The first-order chi connectivity index (χ1) is 15.9. The Morgan fingerprint density at radius 1 is 1.33 bits per heavy atom. The maximum Gasteiger partial charge on any atom is 0.247 e. The molecule has 11 heteroatoms. The van der Waals surface area contributed by atoms with Crippen LogP contribution in [0.4, 0.5) is 11.6 Å². The lowest BCUT2D eigenvalue weighted by atomic mass is 9.79. The van der Waals surface area contributed by atoms with E-state index >= 15 is 0 Å². The highest BCUT2D eigenvalue weighted by Gasteiger charge is 2.39. The minimum Gasteiger partial charge on any atom is -0.380 e. The number of amides is 1. The van der Waals surface area contributed by atoms with Gasteiger partial charge in [-0.05, 0) is 19.2 Å². The summed E-state index contributed by atoms with van der Waals surface area (Å²) in [6, 6.07) is 6.18. The smallest absolute Gasteiger partial charge is 0.247 e. The molecule has 0 unspecified atom stereocenters. The average Bonchev–Trinajstić information content (AvgIpc) is 3.20. The standard InChI is InChI=1S/C22H30N10O/c1-22(5-6-23)15-31(16-22)18-4-3-7-32-20(18)27-21(28-32)26-17(12-24)13-25-14-19(33)30-10-8-29(2)9-11-30/h3-4,7,12-13,24-25H,5,8-11,14-16H2,1-2H3,(H,26,28)/b17-13+,24-12?. The fourth-order valence-electron chi connectivity index (χ4n) is 4.20. The molecule has 1 amide bonds. The zero-order valence-electron chi connectivity index (χ0n) is 19.1. The summed E-state index contributed by atoms with van der Waals surface area (Å²) in [4.78, 5) is 23.2. The fraction of sp³-hybridized carbons (Fsp3) is 0.500. The van der Waals surface area contributed by atoms with Crippen LogP contribution in [-0.2, 0) is 4.79 Å². The average molecular weight is 451 g/mol. The van der Waals surface area contributed by atoms with Crippen molar-refractivity contribution in [2.45, 2.75) is 13.3 Å². The van der Waals surface area contributed by atoms with Crippen LogP contribution in [0.1, 0.15) is 13.3 Å². The molecule has 2 aromatic heterocycles. The molecule has 0 aliphatic carbocycles. The normalized spacial score (nSPS) is 18.5. The number of piperazine rings is 1. The van der Waals surface area contributed by atoms with Gasteiger partial charge in [0.1, 0.15) is 0 Å². The molecule has 0 spiro atoms. The van der Waals surface area contributed by atoms with Crippen molar-refractivity contribution < 1.29 is 4.79 Å². The predicted molar refractivity (Wildman–Crippen MR) is 126 cm³/mol. The molecule has 0 radical (unpaired) electrons. The number of allylic oxidation sites excluding steroid dienone is 1. The molecule has 2 fully saturated rings. The summed E-state index contributed by atoms with van der Waals surface area (Å²) < 4.78 is 1.70. The Labute approximate surface area is 193 Å². The van der Waals surface area contributed by atoms with Crippen LogP contribution in [0.2, 0.25) is 0 Å². The second-order valence-electron chi connectivity index (χ2n) is 9.03. The van der Waals surface area contributed by atoms with Crippen molar-refractivity contribution in [2.24, 2.45) is 5.41 Å². The van der Waals surface area contributed by atoms with Gasteiger partial charge in [-0.3, -0.25) is 4.79 Å². The Morgan fingerprint density at radius 3 is 2.79 bits per heavy atom. The van der Waals surface area contributed by atoms with E-state index in [4.69, 9.17) is 10.7 Å². The van der Waals surface area contributed by atoms with Gasteiger partial charge in [-0.1, -0.05) is 6.92 Å². The van der Waals surface area contributed by atoms with Gasteiger partial charge in [-0.2, -0.15) is 10.2 Å². The van der Waals surface area contributed by atoms with Crippen molar-refractivity contribution in [3.63, 3.8) is 0 Å². The first-order valence-electron chi connectivity index (χ1n) is 11.1. The van der Waals surface area contributed by atoms with E-state index in [1.54, 1.807) is 10.7 Å². The van der Waals surface area contributed by atoms with Gasteiger partial charge in [0.05, 0.1) is 24.0 Å². The molecule has 4 heterocycles. The molecular weight excluding hydrogens is 420 g/mol. The molecule has 0 saturated carbocycles. The van der Waals surface area contributed by atoms with Gasteiger partial charge in [0, 0.05) is 69.7 Å². The summed E-state index contributed by atoms with van der Waals surface area (Å²) in [6.45, 7) is 7.11. The molecule has 0 bridgehead atoms. The Kier molecular flexibility index (Phi) is 6.46. The molecule has 2 saturated heterocycles. The summed E-state index contributed by atoms with van der Waals surface area (Å²) in [5.41, 5.74) is 2.13. The number of nitriles is 1. The minimum atomic E-state index is 0.00595. The van der Waals surface area contributed by atoms with E-state index in [9.17, 15) is 4.79 Å². The largest absolute Gasteiger partial charge is 0.380 e. The molecule has 2 aromatic rings. The fourth-order valence-corrected chi connectivity index (χ4v) is 4.20. The lowest BCUT2D eigenvalue weighted by molar-refractivity contribution is -0.131. The highest BCUT2D eigenvalue weighted by molar-refractivity contribution is 5.81. The number of likely N-dealkylation sites (N-methyl/N-ethyl adjacent to an activating group) is 1. The summed E-state index contributed by atoms with van der Waals surface area (Å²) in [6.07, 6.45) is 5.11. The molecule has 3 N–H and O–H groups in total. The van der Waals surface area contributed by atoms with Crippen LogP contribution in [0.25, 0.3) is 5.65 Å². The van der Waals surface area contributed by atoms with Crippen molar-refractivity contribution >= 4 is 29.4 Å². The SMILES string of the molecule is CN1CCN(C(=O)CN/C=C(\C=N)Nc2nc3c(N4CC(C)(CC#N)C4)cccn3n2)CC1. The van der Waals surface area contributed by atoms with Crippen LogP contribution in [0.15, 0.2) is 30.2 Å². The van der Waals surface area contributed by atoms with Crippen LogP contribution >= 0.6 is 0 Å². The van der Waals surface area contributed by atoms with Crippen molar-refractivity contribution in [3.8, 4) is 6.07 Å². The van der Waals surface area contributed by atoms with Crippen LogP contribution in [-0.4, -0.2) is 89.4 Å². The van der Waals surface area contributed by atoms with E-state index in [-0.39, 0.29) is 17.9 Å². The lowest BCUT2D eigenvalue weighted by Gasteiger charge is -2.48. The van der Waals surface area contributed by atoms with Crippen molar-refractivity contribution in [1.29, 1.82) is 10.7 Å². The number of carbonyl (C=O) groups is 1. The molecule has 2 aliphatic heterocycles. The van der Waals surface area contributed by atoms with Gasteiger partial charge in [-0.25, -0.2) is 4.52 Å². The van der Waals surface area contributed by atoms with Crippen LogP contribution in [0.5, 0.6) is 0 Å². The number of fused-ring (bicyclic) bond motifs is 1. The molecular formula is C22H30N10O. The topological polar surface area (TPSA) is 129 Å². The number of nitrogens with one attached hydrogen (secondary N) is 3. The van der Waals surface area contributed by atoms with Gasteiger partial charge >= 0.3 is 0 Å². The monoisotopic (exact) mass is 450 g/mol. The third-order valence-corrected chi connectivity index (χ3v) is 6.11. The first kappa shape index (κ1) is 22.5. The van der Waals surface area contributed by atoms with Crippen molar-refractivity contribution in [2.75, 3.05) is 63.1 Å². The number of nitrogens with zero attached hydrogens (tertiary/aromatic N) is 7. The molecule has 4 rings (SSSR count). The van der Waals surface area contributed by atoms with E-state index in [0.717, 1.165) is 51.2 Å². The molecule has 0 atom stereocenters. The third kappa shape index (κ3) is 5.06. The second kappa shape index (κ2) is 9.46. The molecule has 11 nitrogen and oxygen atoms in total. The molecule has 33 heavy (non-hydrogen) atoms. The predicted octanol–water partition coefficient (Wildman–Crippen LogP) is 0.736. The number of carbonyl (C=O) groups excluding carboxylic acids is 1. The second-order valence-corrected chi connectivity index (χ2v) is 9.03. The van der Waals surface area contributed by atoms with Crippen molar-refractivity contribution in [3.05, 3.63) is 30.2 Å². The van der Waals surface area contributed by atoms with Gasteiger partial charge in [0.2, 0.25) is 11.9 Å². The van der Waals surface area contributed by atoms with E-state index < -0.39 is 0 Å². The van der Waals surface area contributed by atoms with Crippen molar-refractivity contribution in [1.82, 2.24) is 29.7 Å². The molecule has 0 aromatic carbocycles. The minimum absolute atomic E-state index is 0.00595. The molecule has 174 valence electrons. The van der Waals surface area contributed by atoms with Crippen LogP contribution in [0.3, 0.4) is 0 Å². The van der Waals surface area contributed by atoms with Gasteiger partial charge < -0.3 is 30.7 Å². The van der Waals surface area contributed by atoms with Crippen LogP contribution in [0, 0.1) is 22.2 Å². The van der Waals surface area contributed by atoms with Gasteiger partial charge in [0.25, 0.3) is 0 Å². The number of aromatic nitrogens is 3. The van der Waals surface area contributed by atoms with E-state index in [1.807, 2.05) is 23.2 Å². The van der Waals surface area contributed by atoms with E-state index in [2.05, 4.69) is 50.6 Å². The van der Waals surface area contributed by atoms with Gasteiger partial charge in [0.15, 0.2) is 5.65 Å². The van der Waals surface area contributed by atoms with E-state index in [1.165, 1.54) is 0 Å². The highest BCUT2D eigenvalue weighted by atomic mass is 16.2. The Bertz CT molecular complexity index is 1090. The lowest BCUT2D eigenvalue weighted by Crippen LogP contribution is -2.54. The Morgan fingerprint density at radius 2 is 2.09 bits per heavy atom. The highest BCUT2D eigenvalue weighted by Crippen LogP contribution is 2.37. The summed E-state index contributed by atoms with van der Waals surface area (Å²) in [5.74, 6) is 0.404. The zero-order valence-corrected chi connectivity index (χ0v) is 19.1. The number of rotatable bonds is 8. The molecule has 2 aliphatic rings. The maximum absolute atomic E-state index is 12.4. The quantitative estimate of drug-likeness (QED) is 0.502. The summed E-state index contributed by atoms with van der Waals surface area (Å²) >= 11 is 0.